The second kappa shape index (κ2) is 7.24. The van der Waals surface area contributed by atoms with Crippen LogP contribution in [-0.4, -0.2) is 45.6 Å². The summed E-state index contributed by atoms with van der Waals surface area (Å²) in [4.78, 5) is 15.1. The molecule has 0 aliphatic rings. The first-order valence-electron chi connectivity index (χ1n) is 6.62. The number of aromatic nitrogens is 3. The fourth-order valence-electron chi connectivity index (χ4n) is 1.95. The molecule has 0 spiro atoms. The second-order valence-corrected chi connectivity index (χ2v) is 5.55. The highest BCUT2D eigenvalue weighted by molar-refractivity contribution is 7.98. The van der Waals surface area contributed by atoms with Crippen LogP contribution in [-0.2, 0) is 13.1 Å². The van der Waals surface area contributed by atoms with E-state index in [-0.39, 0.29) is 5.91 Å². The van der Waals surface area contributed by atoms with E-state index in [0.29, 0.717) is 25.3 Å². The van der Waals surface area contributed by atoms with E-state index < -0.39 is 0 Å². The lowest BCUT2D eigenvalue weighted by Gasteiger charge is -2.16. The van der Waals surface area contributed by atoms with E-state index in [1.165, 1.54) is 4.90 Å². The van der Waals surface area contributed by atoms with Gasteiger partial charge in [0.1, 0.15) is 0 Å². The highest BCUT2D eigenvalue weighted by atomic mass is 32.2. The van der Waals surface area contributed by atoms with Gasteiger partial charge in [-0.2, -0.15) is 0 Å². The normalized spacial score (nSPS) is 10.6. The van der Waals surface area contributed by atoms with Crippen molar-refractivity contribution in [2.75, 3.05) is 19.8 Å². The van der Waals surface area contributed by atoms with E-state index in [1.54, 1.807) is 34.6 Å². The number of carbonyl (C=O) groups is 1. The fourth-order valence-corrected chi connectivity index (χ4v) is 2.43. The molecule has 2 aromatic rings. The minimum absolute atomic E-state index is 0.146. The molecule has 0 atom stereocenters. The van der Waals surface area contributed by atoms with Crippen molar-refractivity contribution in [2.45, 2.75) is 18.0 Å². The zero-order valence-corrected chi connectivity index (χ0v) is 13.0. The molecule has 7 heteroatoms. The molecule has 0 aliphatic carbocycles. The second-order valence-electron chi connectivity index (χ2n) is 4.67. The van der Waals surface area contributed by atoms with Gasteiger partial charge in [0.05, 0.1) is 12.7 Å². The van der Waals surface area contributed by atoms with Crippen molar-refractivity contribution >= 4 is 17.7 Å². The highest BCUT2D eigenvalue weighted by Gasteiger charge is 2.16. The van der Waals surface area contributed by atoms with Gasteiger partial charge in [0.15, 0.2) is 5.69 Å². The Kier molecular flexibility index (Phi) is 5.35. The van der Waals surface area contributed by atoms with Crippen molar-refractivity contribution in [1.82, 2.24) is 19.9 Å². The summed E-state index contributed by atoms with van der Waals surface area (Å²) < 4.78 is 1.58. The topological polar surface area (TPSA) is 77.0 Å². The molecule has 0 aliphatic heterocycles. The first-order chi connectivity index (χ1) is 10.1. The molecule has 0 bridgehead atoms. The van der Waals surface area contributed by atoms with E-state index in [9.17, 15) is 4.79 Å². The zero-order chi connectivity index (χ0) is 15.2. The van der Waals surface area contributed by atoms with E-state index in [1.807, 2.05) is 24.5 Å². The van der Waals surface area contributed by atoms with Gasteiger partial charge in [-0.25, -0.2) is 0 Å². The minimum atomic E-state index is -0.146. The van der Waals surface area contributed by atoms with Crippen LogP contribution in [0, 0.1) is 0 Å². The monoisotopic (exact) mass is 305 g/mol. The number of benzene rings is 1. The van der Waals surface area contributed by atoms with Crippen LogP contribution in [0.5, 0.6) is 0 Å². The Hall–Kier alpha value is -1.86. The van der Waals surface area contributed by atoms with Crippen LogP contribution in [0.25, 0.3) is 0 Å². The number of hydrogen-bond donors (Lipinski definition) is 1. The van der Waals surface area contributed by atoms with Crippen LogP contribution in [0.1, 0.15) is 16.1 Å². The third kappa shape index (κ3) is 4.05. The van der Waals surface area contributed by atoms with Gasteiger partial charge in [0.25, 0.3) is 5.91 Å². The largest absolute Gasteiger partial charge is 0.336 e. The third-order valence-electron chi connectivity index (χ3n) is 3.02. The summed E-state index contributed by atoms with van der Waals surface area (Å²) in [5.74, 6) is -0.146. The number of hydrogen-bond acceptors (Lipinski definition) is 5. The number of carbonyl (C=O) groups excluding carboxylic acids is 1. The lowest BCUT2D eigenvalue weighted by molar-refractivity contribution is 0.0779. The Morgan fingerprint density at radius 1 is 1.48 bits per heavy atom. The van der Waals surface area contributed by atoms with Gasteiger partial charge in [-0.3, -0.25) is 9.48 Å². The van der Waals surface area contributed by atoms with Crippen LogP contribution in [0.2, 0.25) is 0 Å². The Morgan fingerprint density at radius 2 is 2.29 bits per heavy atom. The number of nitrogens with zero attached hydrogens (tertiary/aromatic N) is 4. The molecule has 1 heterocycles. The molecule has 112 valence electrons. The van der Waals surface area contributed by atoms with E-state index in [4.69, 9.17) is 5.73 Å². The summed E-state index contributed by atoms with van der Waals surface area (Å²) in [6, 6.07) is 8.14. The smallest absolute Gasteiger partial charge is 0.276 e. The molecular weight excluding hydrogens is 286 g/mol. The first-order valence-corrected chi connectivity index (χ1v) is 7.85. The Morgan fingerprint density at radius 3 is 3.00 bits per heavy atom. The number of thioether (sulfide) groups is 1. The van der Waals surface area contributed by atoms with Gasteiger partial charge in [-0.15, -0.1) is 16.9 Å². The quantitative estimate of drug-likeness (QED) is 0.812. The molecule has 0 fully saturated rings. The molecule has 0 saturated heterocycles. The van der Waals surface area contributed by atoms with Gasteiger partial charge in [-0.1, -0.05) is 17.3 Å². The molecular formula is C14H19N5OS. The standard InChI is InChI=1S/C14H19N5OS/c1-18(9-11-4-3-5-12(8-11)21-2)14(20)13-10-19(7-6-15)17-16-13/h3-5,8,10H,6-7,9,15H2,1-2H3. The molecule has 0 saturated carbocycles. The van der Waals surface area contributed by atoms with E-state index in [2.05, 4.69) is 16.4 Å². The van der Waals surface area contributed by atoms with Crippen molar-refractivity contribution in [1.29, 1.82) is 0 Å². The average molecular weight is 305 g/mol. The maximum Gasteiger partial charge on any atom is 0.276 e. The van der Waals surface area contributed by atoms with Crippen molar-refractivity contribution < 1.29 is 4.79 Å². The van der Waals surface area contributed by atoms with Crippen molar-refractivity contribution in [2.24, 2.45) is 5.73 Å². The number of rotatable bonds is 6. The van der Waals surface area contributed by atoms with Gasteiger partial charge >= 0.3 is 0 Å². The Balaban J connectivity index is 2.04. The number of amides is 1. The molecule has 1 amide bonds. The SMILES string of the molecule is CSc1cccc(CN(C)C(=O)c2cn(CCN)nn2)c1. The lowest BCUT2D eigenvalue weighted by Crippen LogP contribution is -2.26. The van der Waals surface area contributed by atoms with Crippen molar-refractivity contribution in [3.8, 4) is 0 Å². The van der Waals surface area contributed by atoms with Crippen LogP contribution >= 0.6 is 11.8 Å². The Labute approximate surface area is 128 Å². The molecule has 0 unspecified atom stereocenters. The van der Waals surface area contributed by atoms with Gasteiger partial charge in [0, 0.05) is 25.0 Å². The predicted octanol–water partition coefficient (Wildman–Crippen LogP) is 1.23. The summed E-state index contributed by atoms with van der Waals surface area (Å²) in [5, 5.41) is 7.77. The molecule has 6 nitrogen and oxygen atoms in total. The summed E-state index contributed by atoms with van der Waals surface area (Å²) in [6.07, 6.45) is 3.66. The average Bonchev–Trinajstić information content (AvgIpc) is 2.95. The van der Waals surface area contributed by atoms with Crippen LogP contribution < -0.4 is 5.73 Å². The van der Waals surface area contributed by atoms with E-state index in [0.717, 1.165) is 5.56 Å². The molecule has 21 heavy (non-hydrogen) atoms. The molecule has 2 N–H and O–H groups in total. The number of nitrogens with two attached hydrogens (primary N) is 1. The summed E-state index contributed by atoms with van der Waals surface area (Å²) in [7, 11) is 1.76. The summed E-state index contributed by atoms with van der Waals surface area (Å²) in [6.45, 7) is 1.56. The van der Waals surface area contributed by atoms with Crippen LogP contribution in [0.3, 0.4) is 0 Å². The fraction of sp³-hybridized carbons (Fsp3) is 0.357. The van der Waals surface area contributed by atoms with E-state index >= 15 is 0 Å². The van der Waals surface area contributed by atoms with Crippen LogP contribution in [0.4, 0.5) is 0 Å². The van der Waals surface area contributed by atoms with Gasteiger partial charge in [-0.05, 0) is 24.0 Å². The predicted molar refractivity (Wildman–Crippen MR) is 83.1 cm³/mol. The molecule has 1 aromatic heterocycles. The maximum atomic E-state index is 12.3. The van der Waals surface area contributed by atoms with Crippen molar-refractivity contribution in [3.05, 3.63) is 41.7 Å². The summed E-state index contributed by atoms with van der Waals surface area (Å²) >= 11 is 1.68. The Bertz CT molecular complexity index is 613. The molecule has 0 radical (unpaired) electrons. The summed E-state index contributed by atoms with van der Waals surface area (Å²) in [5.41, 5.74) is 6.88. The highest BCUT2D eigenvalue weighted by Crippen LogP contribution is 2.17. The van der Waals surface area contributed by atoms with Gasteiger partial charge < -0.3 is 10.6 Å². The third-order valence-corrected chi connectivity index (χ3v) is 3.74. The maximum absolute atomic E-state index is 12.3. The van der Waals surface area contributed by atoms with Crippen LogP contribution in [0.15, 0.2) is 35.4 Å². The first kappa shape index (κ1) is 15.5. The van der Waals surface area contributed by atoms with Gasteiger partial charge in [0.2, 0.25) is 0 Å². The zero-order valence-electron chi connectivity index (χ0n) is 12.2. The molecule has 2 rings (SSSR count). The minimum Gasteiger partial charge on any atom is -0.336 e. The lowest BCUT2D eigenvalue weighted by atomic mass is 10.2. The molecule has 1 aromatic carbocycles. The van der Waals surface area contributed by atoms with Crippen molar-refractivity contribution in [3.63, 3.8) is 0 Å².